The number of nitriles is 1. The van der Waals surface area contributed by atoms with Gasteiger partial charge >= 0.3 is 6.18 Å². The molecule has 0 radical (unpaired) electrons. The molecule has 0 aromatic carbocycles. The molecule has 0 saturated heterocycles. The van der Waals surface area contributed by atoms with Crippen molar-refractivity contribution in [2.45, 2.75) is 42.8 Å². The number of alkyl halides is 3. The van der Waals surface area contributed by atoms with Gasteiger partial charge in [0.2, 0.25) is 0 Å². The SMILES string of the molecule is CCCCC(NC)Sc1nc(C(F)(F)F)ccc1C#N. The van der Waals surface area contributed by atoms with Gasteiger partial charge < -0.3 is 5.32 Å². The van der Waals surface area contributed by atoms with Gasteiger partial charge in [0.05, 0.1) is 10.9 Å². The first kappa shape index (κ1) is 16.8. The Morgan fingerprint density at radius 1 is 1.45 bits per heavy atom. The van der Waals surface area contributed by atoms with E-state index in [2.05, 4.69) is 10.3 Å². The van der Waals surface area contributed by atoms with Gasteiger partial charge in [0.15, 0.2) is 0 Å². The van der Waals surface area contributed by atoms with Crippen LogP contribution in [-0.2, 0) is 6.18 Å². The molecule has 1 atom stereocenters. The van der Waals surface area contributed by atoms with Crippen molar-refractivity contribution in [2.24, 2.45) is 0 Å². The summed E-state index contributed by atoms with van der Waals surface area (Å²) in [7, 11) is 1.74. The standard InChI is InChI=1S/C13H16F3N3S/c1-3-4-5-11(18-2)20-12-9(8-17)6-7-10(19-12)13(14,15)16/h6-7,11,18H,3-5H2,1-2H3. The molecule has 1 heterocycles. The third-order valence-corrected chi connectivity index (χ3v) is 3.96. The first-order valence-corrected chi connectivity index (χ1v) is 7.12. The number of aromatic nitrogens is 1. The molecule has 0 bridgehead atoms. The second-order valence-electron chi connectivity index (χ2n) is 4.20. The quantitative estimate of drug-likeness (QED) is 0.641. The molecular weight excluding hydrogens is 287 g/mol. The number of halogens is 3. The molecule has 3 nitrogen and oxygen atoms in total. The van der Waals surface area contributed by atoms with Gasteiger partial charge in [-0.15, -0.1) is 0 Å². The van der Waals surface area contributed by atoms with Crippen LogP contribution in [0.2, 0.25) is 0 Å². The number of unbranched alkanes of at least 4 members (excludes halogenated alkanes) is 1. The van der Waals surface area contributed by atoms with Gasteiger partial charge in [-0.25, -0.2) is 4.98 Å². The summed E-state index contributed by atoms with van der Waals surface area (Å²) in [6.45, 7) is 2.04. The van der Waals surface area contributed by atoms with Crippen LogP contribution in [0.5, 0.6) is 0 Å². The van der Waals surface area contributed by atoms with Crippen LogP contribution in [0.25, 0.3) is 0 Å². The number of pyridine rings is 1. The van der Waals surface area contributed by atoms with Crippen molar-refractivity contribution in [1.29, 1.82) is 5.26 Å². The zero-order chi connectivity index (χ0) is 15.2. The Bertz CT molecular complexity index is 483. The molecular formula is C13H16F3N3S. The summed E-state index contributed by atoms with van der Waals surface area (Å²) in [5.74, 6) is 0. The lowest BCUT2D eigenvalue weighted by molar-refractivity contribution is -0.141. The molecule has 0 aliphatic heterocycles. The molecule has 0 amide bonds. The Balaban J connectivity index is 2.99. The second kappa shape index (κ2) is 7.50. The van der Waals surface area contributed by atoms with E-state index in [1.807, 2.05) is 13.0 Å². The smallest absolute Gasteiger partial charge is 0.308 e. The monoisotopic (exact) mass is 303 g/mol. The summed E-state index contributed by atoms with van der Waals surface area (Å²) in [6.07, 6.45) is -1.73. The maximum atomic E-state index is 12.7. The molecule has 20 heavy (non-hydrogen) atoms. The van der Waals surface area contributed by atoms with Gasteiger partial charge in [-0.1, -0.05) is 31.5 Å². The van der Waals surface area contributed by atoms with E-state index in [9.17, 15) is 13.2 Å². The fraction of sp³-hybridized carbons (Fsp3) is 0.538. The maximum absolute atomic E-state index is 12.7. The van der Waals surface area contributed by atoms with Crippen LogP contribution in [-0.4, -0.2) is 17.4 Å². The molecule has 0 aliphatic carbocycles. The molecule has 1 unspecified atom stereocenters. The van der Waals surface area contributed by atoms with E-state index >= 15 is 0 Å². The van der Waals surface area contributed by atoms with Crippen LogP contribution in [0, 0.1) is 11.3 Å². The number of nitrogens with one attached hydrogen (secondary N) is 1. The van der Waals surface area contributed by atoms with E-state index < -0.39 is 11.9 Å². The van der Waals surface area contributed by atoms with E-state index in [0.29, 0.717) is 0 Å². The third kappa shape index (κ3) is 4.69. The highest BCUT2D eigenvalue weighted by molar-refractivity contribution is 7.99. The van der Waals surface area contributed by atoms with E-state index in [0.717, 1.165) is 25.3 Å². The van der Waals surface area contributed by atoms with Gasteiger partial charge in [0.1, 0.15) is 16.8 Å². The van der Waals surface area contributed by atoms with Crippen LogP contribution in [0.3, 0.4) is 0 Å². The number of rotatable bonds is 6. The Hall–Kier alpha value is -1.26. The fourth-order valence-corrected chi connectivity index (χ4v) is 2.62. The van der Waals surface area contributed by atoms with Crippen LogP contribution >= 0.6 is 11.8 Å². The van der Waals surface area contributed by atoms with Crippen molar-refractivity contribution in [1.82, 2.24) is 10.3 Å². The Kier molecular flexibility index (Phi) is 6.30. The lowest BCUT2D eigenvalue weighted by atomic mass is 10.2. The van der Waals surface area contributed by atoms with Crippen LogP contribution in [0.4, 0.5) is 13.2 Å². The predicted octanol–water partition coefficient (Wildman–Crippen LogP) is 3.80. The van der Waals surface area contributed by atoms with Gasteiger partial charge in [-0.2, -0.15) is 18.4 Å². The normalized spacial score (nSPS) is 13.0. The van der Waals surface area contributed by atoms with Crippen LogP contribution < -0.4 is 5.32 Å². The number of nitrogens with zero attached hydrogens (tertiary/aromatic N) is 2. The van der Waals surface area contributed by atoms with Crippen molar-refractivity contribution in [3.05, 3.63) is 23.4 Å². The topological polar surface area (TPSA) is 48.7 Å². The molecule has 1 aromatic rings. The molecule has 0 aliphatic rings. The molecule has 7 heteroatoms. The van der Waals surface area contributed by atoms with E-state index in [-0.39, 0.29) is 16.0 Å². The van der Waals surface area contributed by atoms with E-state index in [4.69, 9.17) is 5.26 Å². The molecule has 1 N–H and O–H groups in total. The molecule has 110 valence electrons. The largest absolute Gasteiger partial charge is 0.433 e. The molecule has 1 aromatic heterocycles. The van der Waals surface area contributed by atoms with Crippen molar-refractivity contribution in [2.75, 3.05) is 7.05 Å². The van der Waals surface area contributed by atoms with Crippen molar-refractivity contribution in [3.63, 3.8) is 0 Å². The number of thioether (sulfide) groups is 1. The maximum Gasteiger partial charge on any atom is 0.433 e. The lowest BCUT2D eigenvalue weighted by Crippen LogP contribution is -2.21. The summed E-state index contributed by atoms with van der Waals surface area (Å²) in [5, 5.41) is 12.1. The van der Waals surface area contributed by atoms with E-state index in [1.54, 1.807) is 7.05 Å². The Morgan fingerprint density at radius 3 is 2.65 bits per heavy atom. The zero-order valence-corrected chi connectivity index (χ0v) is 12.1. The minimum atomic E-state index is -4.50. The van der Waals surface area contributed by atoms with E-state index in [1.165, 1.54) is 17.8 Å². The Labute approximate surface area is 120 Å². The first-order chi connectivity index (χ1) is 9.42. The number of hydrogen-bond acceptors (Lipinski definition) is 4. The summed E-state index contributed by atoms with van der Waals surface area (Å²) >= 11 is 1.17. The first-order valence-electron chi connectivity index (χ1n) is 6.24. The van der Waals surface area contributed by atoms with Crippen molar-refractivity contribution >= 4 is 11.8 Å². The average Bonchev–Trinajstić information content (AvgIpc) is 2.42. The summed E-state index contributed by atoms with van der Waals surface area (Å²) in [5.41, 5.74) is -0.802. The highest BCUT2D eigenvalue weighted by Gasteiger charge is 2.33. The van der Waals surface area contributed by atoms with Crippen molar-refractivity contribution < 1.29 is 13.2 Å². The van der Waals surface area contributed by atoms with Crippen LogP contribution in [0.1, 0.15) is 37.4 Å². The second-order valence-corrected chi connectivity index (χ2v) is 5.39. The number of hydrogen-bond donors (Lipinski definition) is 1. The molecule has 0 fully saturated rings. The molecule has 1 rings (SSSR count). The lowest BCUT2D eigenvalue weighted by Gasteiger charge is -2.16. The molecule has 0 spiro atoms. The third-order valence-electron chi connectivity index (χ3n) is 2.67. The van der Waals surface area contributed by atoms with Crippen molar-refractivity contribution in [3.8, 4) is 6.07 Å². The zero-order valence-electron chi connectivity index (χ0n) is 11.3. The van der Waals surface area contributed by atoms with Gasteiger partial charge in [-0.05, 0) is 25.6 Å². The average molecular weight is 303 g/mol. The minimum Gasteiger partial charge on any atom is -0.308 e. The summed E-state index contributed by atoms with van der Waals surface area (Å²) in [4.78, 5) is 3.59. The van der Waals surface area contributed by atoms with Gasteiger partial charge in [0, 0.05) is 0 Å². The summed E-state index contributed by atoms with van der Waals surface area (Å²) in [6, 6.07) is 3.89. The summed E-state index contributed by atoms with van der Waals surface area (Å²) < 4.78 is 38.0. The van der Waals surface area contributed by atoms with Gasteiger partial charge in [-0.3, -0.25) is 0 Å². The highest BCUT2D eigenvalue weighted by atomic mass is 32.2. The fourth-order valence-electron chi connectivity index (χ4n) is 1.56. The highest BCUT2D eigenvalue weighted by Crippen LogP contribution is 2.32. The Morgan fingerprint density at radius 2 is 2.15 bits per heavy atom. The molecule has 0 saturated carbocycles. The predicted molar refractivity (Wildman–Crippen MR) is 72.2 cm³/mol. The van der Waals surface area contributed by atoms with Gasteiger partial charge in [0.25, 0.3) is 0 Å². The minimum absolute atomic E-state index is 0.0574. The van der Waals surface area contributed by atoms with Crippen LogP contribution in [0.15, 0.2) is 17.2 Å².